The monoisotopic (exact) mass is 435 g/mol. The Morgan fingerprint density at radius 3 is 2.57 bits per heavy atom. The van der Waals surface area contributed by atoms with Gasteiger partial charge < -0.3 is 10.1 Å². The molecular formula is C14H9Br2ClFNO2. The van der Waals surface area contributed by atoms with E-state index in [-0.39, 0.29) is 5.02 Å². The molecule has 0 atom stereocenters. The van der Waals surface area contributed by atoms with Crippen molar-refractivity contribution in [3.8, 4) is 5.75 Å². The van der Waals surface area contributed by atoms with E-state index >= 15 is 0 Å². The quantitative estimate of drug-likeness (QED) is 0.711. The van der Waals surface area contributed by atoms with E-state index in [1.165, 1.54) is 13.2 Å². The highest BCUT2D eigenvalue weighted by Gasteiger charge is 2.15. The van der Waals surface area contributed by atoms with Gasteiger partial charge in [-0.2, -0.15) is 0 Å². The summed E-state index contributed by atoms with van der Waals surface area (Å²) in [5.74, 6) is -0.338. The summed E-state index contributed by atoms with van der Waals surface area (Å²) in [5, 5.41) is 2.75. The van der Waals surface area contributed by atoms with Crippen LogP contribution in [0.3, 0.4) is 0 Å². The standard InChI is InChI=1S/C14H9Br2ClFNO2/c1-21-8-2-3-10(15)9(6-8)14(20)19-13-11(16)4-7(18)5-12(13)17/h2-6H,1H3,(H,19,20). The Balaban J connectivity index is 2.35. The minimum Gasteiger partial charge on any atom is -0.497 e. The van der Waals surface area contributed by atoms with Gasteiger partial charge in [0.2, 0.25) is 0 Å². The Labute approximate surface area is 142 Å². The number of ether oxygens (including phenoxy) is 1. The average Bonchev–Trinajstić information content (AvgIpc) is 2.43. The Hall–Kier alpha value is -1.11. The molecule has 0 aliphatic carbocycles. The average molecular weight is 437 g/mol. The topological polar surface area (TPSA) is 38.3 Å². The van der Waals surface area contributed by atoms with Crippen molar-refractivity contribution >= 4 is 55.1 Å². The van der Waals surface area contributed by atoms with E-state index in [2.05, 4.69) is 37.2 Å². The zero-order valence-electron chi connectivity index (χ0n) is 10.7. The van der Waals surface area contributed by atoms with Gasteiger partial charge in [-0.05, 0) is 62.2 Å². The van der Waals surface area contributed by atoms with Crippen LogP contribution in [0.1, 0.15) is 10.4 Å². The summed E-state index contributed by atoms with van der Waals surface area (Å²) in [6, 6.07) is 7.37. The van der Waals surface area contributed by atoms with Crippen molar-refractivity contribution in [2.45, 2.75) is 0 Å². The van der Waals surface area contributed by atoms with Crippen molar-refractivity contribution < 1.29 is 13.9 Å². The van der Waals surface area contributed by atoms with Gasteiger partial charge in [0, 0.05) is 8.95 Å². The number of carbonyl (C=O) groups is 1. The highest BCUT2D eigenvalue weighted by atomic mass is 79.9. The zero-order valence-corrected chi connectivity index (χ0v) is 14.6. The summed E-state index contributed by atoms with van der Waals surface area (Å²) in [6.45, 7) is 0. The zero-order chi connectivity index (χ0) is 15.6. The fourth-order valence-electron chi connectivity index (χ4n) is 1.65. The maximum Gasteiger partial charge on any atom is 0.257 e. The molecule has 0 heterocycles. The number of rotatable bonds is 3. The summed E-state index contributed by atoms with van der Waals surface area (Å²) in [6.07, 6.45) is 0. The number of anilines is 1. The summed E-state index contributed by atoms with van der Waals surface area (Å²) in [5.41, 5.74) is 0.680. The van der Waals surface area contributed by atoms with Crippen LogP contribution >= 0.6 is 43.5 Å². The lowest BCUT2D eigenvalue weighted by atomic mass is 10.2. The first-order valence-electron chi connectivity index (χ1n) is 5.72. The summed E-state index contributed by atoms with van der Waals surface area (Å²) in [7, 11) is 1.51. The Morgan fingerprint density at radius 2 is 1.95 bits per heavy atom. The first-order chi connectivity index (χ1) is 9.92. The van der Waals surface area contributed by atoms with Crippen molar-refractivity contribution in [1.82, 2.24) is 0 Å². The van der Waals surface area contributed by atoms with E-state index in [1.54, 1.807) is 18.2 Å². The smallest absolute Gasteiger partial charge is 0.257 e. The van der Waals surface area contributed by atoms with Crippen molar-refractivity contribution in [2.75, 3.05) is 12.4 Å². The van der Waals surface area contributed by atoms with Crippen LogP contribution < -0.4 is 10.1 Å². The van der Waals surface area contributed by atoms with E-state index in [0.29, 0.717) is 25.9 Å². The van der Waals surface area contributed by atoms with Crippen LogP contribution in [0.2, 0.25) is 5.02 Å². The van der Waals surface area contributed by atoms with Gasteiger partial charge >= 0.3 is 0 Å². The molecule has 0 fully saturated rings. The third-order valence-electron chi connectivity index (χ3n) is 2.66. The van der Waals surface area contributed by atoms with Gasteiger partial charge in [0.05, 0.1) is 23.4 Å². The molecule has 0 spiro atoms. The Kier molecular flexibility index (Phi) is 5.24. The first kappa shape index (κ1) is 16.3. The predicted octanol–water partition coefficient (Wildman–Crippen LogP) is 5.27. The number of halogens is 4. The second kappa shape index (κ2) is 6.77. The molecule has 7 heteroatoms. The molecule has 0 saturated heterocycles. The number of methoxy groups -OCH3 is 1. The second-order valence-electron chi connectivity index (χ2n) is 4.04. The second-order valence-corrected chi connectivity index (χ2v) is 6.16. The van der Waals surface area contributed by atoms with Crippen molar-refractivity contribution in [1.29, 1.82) is 0 Å². The fourth-order valence-corrected chi connectivity index (χ4v) is 2.97. The Bertz CT molecular complexity index is 686. The molecule has 2 aromatic carbocycles. The van der Waals surface area contributed by atoms with Crippen LogP contribution in [-0.2, 0) is 0 Å². The minimum absolute atomic E-state index is 0.106. The van der Waals surface area contributed by atoms with Crippen LogP contribution in [-0.4, -0.2) is 13.0 Å². The third kappa shape index (κ3) is 3.75. The molecule has 2 rings (SSSR count). The molecule has 3 nitrogen and oxygen atoms in total. The number of amides is 1. The van der Waals surface area contributed by atoms with Crippen LogP contribution in [0.25, 0.3) is 0 Å². The van der Waals surface area contributed by atoms with E-state index in [4.69, 9.17) is 16.3 Å². The highest BCUT2D eigenvalue weighted by Crippen LogP contribution is 2.33. The van der Waals surface area contributed by atoms with Crippen LogP contribution in [0, 0.1) is 5.82 Å². The van der Waals surface area contributed by atoms with E-state index in [9.17, 15) is 9.18 Å². The molecule has 0 bridgehead atoms. The maximum atomic E-state index is 13.2. The Morgan fingerprint density at radius 1 is 1.24 bits per heavy atom. The van der Waals surface area contributed by atoms with E-state index in [0.717, 1.165) is 6.07 Å². The predicted molar refractivity (Wildman–Crippen MR) is 87.8 cm³/mol. The normalized spacial score (nSPS) is 10.3. The van der Waals surface area contributed by atoms with Gasteiger partial charge in [-0.25, -0.2) is 4.39 Å². The number of hydrogen-bond acceptors (Lipinski definition) is 2. The molecule has 0 saturated carbocycles. The first-order valence-corrected chi connectivity index (χ1v) is 7.68. The van der Waals surface area contributed by atoms with Gasteiger partial charge in [0.15, 0.2) is 0 Å². The lowest BCUT2D eigenvalue weighted by Gasteiger charge is -2.11. The van der Waals surface area contributed by atoms with Crippen LogP contribution in [0.5, 0.6) is 5.75 Å². The van der Waals surface area contributed by atoms with E-state index < -0.39 is 11.7 Å². The van der Waals surface area contributed by atoms with Gasteiger partial charge in [-0.3, -0.25) is 4.79 Å². The lowest BCUT2D eigenvalue weighted by Crippen LogP contribution is -2.13. The van der Waals surface area contributed by atoms with E-state index in [1.807, 2.05) is 0 Å². The van der Waals surface area contributed by atoms with Crippen molar-refractivity contribution in [3.63, 3.8) is 0 Å². The van der Waals surface area contributed by atoms with Crippen LogP contribution in [0.15, 0.2) is 39.3 Å². The molecular weight excluding hydrogens is 428 g/mol. The number of benzene rings is 2. The number of nitrogens with one attached hydrogen (secondary N) is 1. The molecule has 110 valence electrons. The molecule has 0 aliphatic rings. The molecule has 1 N–H and O–H groups in total. The third-order valence-corrected chi connectivity index (χ3v) is 4.28. The van der Waals surface area contributed by atoms with Gasteiger partial charge in [-0.1, -0.05) is 11.6 Å². The van der Waals surface area contributed by atoms with Gasteiger partial charge in [0.25, 0.3) is 5.91 Å². The number of hydrogen-bond donors (Lipinski definition) is 1. The van der Waals surface area contributed by atoms with Crippen molar-refractivity contribution in [3.05, 3.63) is 55.7 Å². The van der Waals surface area contributed by atoms with Crippen molar-refractivity contribution in [2.24, 2.45) is 0 Å². The maximum absolute atomic E-state index is 13.2. The minimum atomic E-state index is -0.493. The fraction of sp³-hybridized carbons (Fsp3) is 0.0714. The molecule has 1 amide bonds. The van der Waals surface area contributed by atoms with Crippen LogP contribution in [0.4, 0.5) is 10.1 Å². The molecule has 0 radical (unpaired) electrons. The molecule has 2 aromatic rings. The SMILES string of the molecule is COc1ccc(Br)c(C(=O)Nc2c(Cl)cc(F)cc2Br)c1. The summed E-state index contributed by atoms with van der Waals surface area (Å²) in [4.78, 5) is 12.3. The lowest BCUT2D eigenvalue weighted by molar-refractivity contribution is 0.102. The van der Waals surface area contributed by atoms with Gasteiger partial charge in [-0.15, -0.1) is 0 Å². The highest BCUT2D eigenvalue weighted by molar-refractivity contribution is 9.11. The molecule has 0 aromatic heterocycles. The largest absolute Gasteiger partial charge is 0.497 e. The number of carbonyl (C=O) groups excluding carboxylic acids is 1. The molecule has 21 heavy (non-hydrogen) atoms. The summed E-state index contributed by atoms with van der Waals surface area (Å²) >= 11 is 12.4. The summed E-state index contributed by atoms with van der Waals surface area (Å²) < 4.78 is 19.2. The molecule has 0 aliphatic heterocycles. The molecule has 0 unspecified atom stereocenters. The van der Waals surface area contributed by atoms with Gasteiger partial charge in [0.1, 0.15) is 11.6 Å².